The third-order valence-corrected chi connectivity index (χ3v) is 7.77. The van der Waals surface area contributed by atoms with Crippen molar-refractivity contribution >= 4 is 44.9 Å². The molecule has 4 heterocycles. The summed E-state index contributed by atoms with van der Waals surface area (Å²) in [5, 5.41) is 10.7. The number of ether oxygens (including phenoxy) is 1. The van der Waals surface area contributed by atoms with Gasteiger partial charge in [0.05, 0.1) is 23.8 Å². The molecule has 1 atom stereocenters. The Labute approximate surface area is 171 Å². The van der Waals surface area contributed by atoms with Gasteiger partial charge in [-0.2, -0.15) is 0 Å². The van der Waals surface area contributed by atoms with Crippen molar-refractivity contribution in [1.82, 2.24) is 24.5 Å². The number of carbonyl (C=O) groups is 1. The Balaban J connectivity index is 1.51. The summed E-state index contributed by atoms with van der Waals surface area (Å²) < 4.78 is 7.38. The van der Waals surface area contributed by atoms with Gasteiger partial charge < -0.3 is 9.64 Å². The van der Waals surface area contributed by atoms with E-state index in [-0.39, 0.29) is 11.2 Å². The van der Waals surface area contributed by atoms with Crippen molar-refractivity contribution in [2.75, 3.05) is 26.3 Å². The first-order valence-electron chi connectivity index (χ1n) is 9.82. The van der Waals surface area contributed by atoms with Crippen LogP contribution in [-0.4, -0.2) is 61.9 Å². The molecule has 3 aromatic rings. The van der Waals surface area contributed by atoms with Gasteiger partial charge in [0.25, 0.3) is 0 Å². The summed E-state index contributed by atoms with van der Waals surface area (Å²) >= 11 is 3.27. The average Bonchev–Trinajstić information content (AvgIpc) is 3.29. The molecule has 1 amide bonds. The maximum Gasteiger partial charge on any atom is 0.236 e. The van der Waals surface area contributed by atoms with Gasteiger partial charge in [0.1, 0.15) is 10.7 Å². The summed E-state index contributed by atoms with van der Waals surface area (Å²) in [6.07, 6.45) is 4.71. The van der Waals surface area contributed by atoms with E-state index >= 15 is 0 Å². The van der Waals surface area contributed by atoms with Crippen LogP contribution in [-0.2, 0) is 22.4 Å². The van der Waals surface area contributed by atoms with E-state index in [2.05, 4.69) is 10.2 Å². The van der Waals surface area contributed by atoms with Crippen molar-refractivity contribution < 1.29 is 9.53 Å². The summed E-state index contributed by atoms with van der Waals surface area (Å²) in [5.74, 6) is 1.00. The smallest absolute Gasteiger partial charge is 0.236 e. The lowest BCUT2D eigenvalue weighted by atomic mass is 9.97. The van der Waals surface area contributed by atoms with Gasteiger partial charge in [-0.3, -0.25) is 9.20 Å². The number of rotatable bonds is 3. The molecule has 5 rings (SSSR count). The minimum Gasteiger partial charge on any atom is -0.378 e. The summed E-state index contributed by atoms with van der Waals surface area (Å²) in [6.45, 7) is 6.48. The lowest BCUT2D eigenvalue weighted by Crippen LogP contribution is -2.44. The van der Waals surface area contributed by atoms with Crippen LogP contribution in [0.4, 0.5) is 0 Å². The van der Waals surface area contributed by atoms with E-state index in [1.165, 1.54) is 35.0 Å². The van der Waals surface area contributed by atoms with E-state index in [4.69, 9.17) is 9.72 Å². The molecule has 7 nitrogen and oxygen atoms in total. The highest BCUT2D eigenvalue weighted by Crippen LogP contribution is 2.38. The predicted molar refractivity (Wildman–Crippen MR) is 110 cm³/mol. The Morgan fingerprint density at radius 2 is 2.00 bits per heavy atom. The summed E-state index contributed by atoms with van der Waals surface area (Å²) in [7, 11) is 0. The highest BCUT2D eigenvalue weighted by atomic mass is 32.2. The zero-order valence-electron chi connectivity index (χ0n) is 16.1. The molecular weight excluding hydrogens is 394 g/mol. The first-order valence-corrected chi connectivity index (χ1v) is 11.5. The Morgan fingerprint density at radius 3 is 2.82 bits per heavy atom. The maximum absolute atomic E-state index is 12.8. The Bertz CT molecular complexity index is 1050. The minimum atomic E-state index is -0.225. The highest BCUT2D eigenvalue weighted by molar-refractivity contribution is 8.00. The maximum atomic E-state index is 12.8. The van der Waals surface area contributed by atoms with Crippen molar-refractivity contribution in [2.24, 2.45) is 0 Å². The summed E-state index contributed by atoms with van der Waals surface area (Å²) in [6, 6.07) is 0. The molecule has 2 aliphatic rings. The molecule has 3 aromatic heterocycles. The van der Waals surface area contributed by atoms with Crippen LogP contribution >= 0.6 is 23.1 Å². The molecule has 1 aliphatic carbocycles. The lowest BCUT2D eigenvalue weighted by molar-refractivity contribution is -0.134. The molecule has 1 aliphatic heterocycles. The predicted octanol–water partition coefficient (Wildman–Crippen LogP) is 2.87. The van der Waals surface area contributed by atoms with E-state index in [1.807, 2.05) is 23.1 Å². The number of amides is 1. The third kappa shape index (κ3) is 3.00. The van der Waals surface area contributed by atoms with Gasteiger partial charge in [-0.15, -0.1) is 21.5 Å². The van der Waals surface area contributed by atoms with Crippen LogP contribution in [0.5, 0.6) is 0 Å². The van der Waals surface area contributed by atoms with Gasteiger partial charge in [0.2, 0.25) is 5.91 Å². The van der Waals surface area contributed by atoms with E-state index < -0.39 is 0 Å². The van der Waals surface area contributed by atoms with E-state index in [0.29, 0.717) is 26.3 Å². The second-order valence-electron chi connectivity index (χ2n) is 7.39. The molecule has 148 valence electrons. The van der Waals surface area contributed by atoms with Crippen LogP contribution < -0.4 is 0 Å². The second kappa shape index (κ2) is 7.27. The fraction of sp³-hybridized carbons (Fsp3) is 0.579. The van der Waals surface area contributed by atoms with Crippen LogP contribution in [0.3, 0.4) is 0 Å². The highest BCUT2D eigenvalue weighted by Gasteiger charge is 2.27. The topological polar surface area (TPSA) is 72.6 Å². The number of hydrogen-bond donors (Lipinski definition) is 0. The fourth-order valence-electron chi connectivity index (χ4n) is 4.11. The van der Waals surface area contributed by atoms with Crippen LogP contribution in [0.1, 0.15) is 36.0 Å². The molecule has 0 radical (unpaired) electrons. The normalized spacial score (nSPS) is 18.6. The Morgan fingerprint density at radius 1 is 1.21 bits per heavy atom. The number of thiophene rings is 1. The quantitative estimate of drug-likeness (QED) is 0.610. The van der Waals surface area contributed by atoms with Gasteiger partial charge in [0, 0.05) is 18.0 Å². The number of morpholine rings is 1. The number of thioether (sulfide) groups is 1. The Kier molecular flexibility index (Phi) is 4.76. The molecule has 0 aromatic carbocycles. The van der Waals surface area contributed by atoms with Crippen molar-refractivity contribution in [3.05, 3.63) is 16.3 Å². The molecule has 0 bridgehead atoms. The van der Waals surface area contributed by atoms with E-state index in [0.717, 1.165) is 39.7 Å². The minimum absolute atomic E-state index is 0.129. The summed E-state index contributed by atoms with van der Waals surface area (Å²) in [4.78, 5) is 22.0. The standard InChI is InChI=1S/C19H23N5O2S2/c1-11(18(25)23-7-9-26-10-8-23)27-19-22-21-16-15-13-5-3-4-6-14(13)28-17(15)20-12(2)24(16)19/h11H,3-10H2,1-2H3/t11-/m1/s1. The van der Waals surface area contributed by atoms with Gasteiger partial charge in [-0.05, 0) is 45.1 Å². The van der Waals surface area contributed by atoms with Gasteiger partial charge in [-0.1, -0.05) is 11.8 Å². The second-order valence-corrected chi connectivity index (χ2v) is 9.78. The number of aryl methyl sites for hydroxylation is 3. The zero-order chi connectivity index (χ0) is 19.3. The van der Waals surface area contributed by atoms with Crippen LogP contribution in [0.15, 0.2) is 5.16 Å². The summed E-state index contributed by atoms with van der Waals surface area (Å²) in [5.41, 5.74) is 2.29. The van der Waals surface area contributed by atoms with Crippen molar-refractivity contribution in [3.63, 3.8) is 0 Å². The molecule has 0 N–H and O–H groups in total. The molecule has 0 unspecified atom stereocenters. The SMILES string of the molecule is Cc1nc2sc3c(c2c2nnc(S[C@H](C)C(=O)N4CCOCC4)n12)CCCC3. The lowest BCUT2D eigenvalue weighted by Gasteiger charge is -2.28. The molecule has 1 fully saturated rings. The van der Waals surface area contributed by atoms with Crippen LogP contribution in [0.2, 0.25) is 0 Å². The zero-order valence-corrected chi connectivity index (χ0v) is 17.7. The van der Waals surface area contributed by atoms with Gasteiger partial charge >= 0.3 is 0 Å². The monoisotopic (exact) mass is 417 g/mol. The van der Waals surface area contributed by atoms with E-state index in [1.54, 1.807) is 11.3 Å². The van der Waals surface area contributed by atoms with Crippen LogP contribution in [0.25, 0.3) is 15.9 Å². The molecule has 1 saturated heterocycles. The van der Waals surface area contributed by atoms with Crippen molar-refractivity contribution in [1.29, 1.82) is 0 Å². The number of hydrogen-bond acceptors (Lipinski definition) is 7. The van der Waals surface area contributed by atoms with Crippen molar-refractivity contribution in [2.45, 2.75) is 49.9 Å². The molecule has 0 saturated carbocycles. The number of fused-ring (bicyclic) bond motifs is 5. The molecule has 9 heteroatoms. The van der Waals surface area contributed by atoms with Gasteiger partial charge in [-0.25, -0.2) is 4.98 Å². The first kappa shape index (κ1) is 18.3. The Hall–Kier alpha value is -1.71. The van der Waals surface area contributed by atoms with Gasteiger partial charge in [0.15, 0.2) is 10.8 Å². The third-order valence-electron chi connectivity index (χ3n) is 5.55. The molecular formula is C19H23N5O2S2. The number of aromatic nitrogens is 4. The van der Waals surface area contributed by atoms with E-state index in [9.17, 15) is 4.79 Å². The number of nitrogens with zero attached hydrogens (tertiary/aromatic N) is 5. The average molecular weight is 418 g/mol. The largest absolute Gasteiger partial charge is 0.378 e. The fourth-order valence-corrected chi connectivity index (χ4v) is 6.39. The molecule has 28 heavy (non-hydrogen) atoms. The number of carbonyl (C=O) groups excluding carboxylic acids is 1. The molecule has 0 spiro atoms. The first-order chi connectivity index (χ1) is 13.6. The van der Waals surface area contributed by atoms with Crippen LogP contribution in [0, 0.1) is 6.92 Å². The van der Waals surface area contributed by atoms with Crippen molar-refractivity contribution in [3.8, 4) is 0 Å².